The van der Waals surface area contributed by atoms with Crippen LogP contribution >= 0.6 is 0 Å². The molecule has 0 amide bonds. The molecule has 4 heteroatoms. The van der Waals surface area contributed by atoms with Crippen molar-refractivity contribution in [2.75, 3.05) is 0 Å². The Morgan fingerprint density at radius 2 is 1.84 bits per heavy atom. The maximum atomic E-state index is 11.4. The van der Waals surface area contributed by atoms with Gasteiger partial charge in [0.1, 0.15) is 11.3 Å². The lowest BCUT2D eigenvalue weighted by molar-refractivity contribution is 0.0695. The number of aromatic carboxylic acids is 1. The van der Waals surface area contributed by atoms with Crippen LogP contribution in [0.4, 0.5) is 0 Å². The first-order valence-corrected chi connectivity index (χ1v) is 6.25. The number of carbonyl (C=O) groups is 1. The predicted octanol–water partition coefficient (Wildman–Crippen LogP) is 3.53. The Bertz CT molecular complexity index is 618. The van der Waals surface area contributed by atoms with E-state index >= 15 is 0 Å². The molecule has 0 spiro atoms. The van der Waals surface area contributed by atoms with Gasteiger partial charge in [-0.25, -0.2) is 4.79 Å². The third kappa shape index (κ3) is 2.26. The van der Waals surface area contributed by atoms with Gasteiger partial charge in [-0.1, -0.05) is 29.8 Å². The molecule has 2 rings (SSSR count). The van der Waals surface area contributed by atoms with E-state index in [0.29, 0.717) is 17.9 Å². The summed E-state index contributed by atoms with van der Waals surface area (Å²) in [5.41, 5.74) is 4.63. The van der Waals surface area contributed by atoms with Gasteiger partial charge in [0.2, 0.25) is 0 Å². The Morgan fingerprint density at radius 1 is 1.26 bits per heavy atom. The zero-order valence-corrected chi connectivity index (χ0v) is 11.6. The number of carboxylic acid groups (broad SMARTS) is 1. The van der Waals surface area contributed by atoms with Gasteiger partial charge in [-0.15, -0.1) is 0 Å². The molecule has 2 aromatic rings. The Hall–Kier alpha value is -2.10. The van der Waals surface area contributed by atoms with Crippen LogP contribution in [0.3, 0.4) is 0 Å². The first kappa shape index (κ1) is 13.3. The molecule has 4 nitrogen and oxygen atoms in total. The number of hydrogen-bond donors (Lipinski definition) is 1. The summed E-state index contributed by atoms with van der Waals surface area (Å²) in [4.78, 5) is 11.4. The Morgan fingerprint density at radius 3 is 2.32 bits per heavy atom. The molecule has 0 saturated carbocycles. The summed E-state index contributed by atoms with van der Waals surface area (Å²) in [6.07, 6.45) is 0.512. The summed E-state index contributed by atoms with van der Waals surface area (Å²) in [7, 11) is 0. The molecule has 0 aliphatic carbocycles. The van der Waals surface area contributed by atoms with E-state index in [1.165, 1.54) is 0 Å². The summed E-state index contributed by atoms with van der Waals surface area (Å²) < 4.78 is 5.17. The summed E-state index contributed by atoms with van der Waals surface area (Å²) >= 11 is 0. The first-order chi connectivity index (χ1) is 8.95. The highest BCUT2D eigenvalue weighted by atomic mass is 16.5. The van der Waals surface area contributed by atoms with Crippen molar-refractivity contribution >= 4 is 5.97 Å². The number of nitrogens with zero attached hydrogens (tertiary/aromatic N) is 1. The first-order valence-electron chi connectivity index (χ1n) is 6.25. The molecular weight excluding hydrogens is 242 g/mol. The largest absolute Gasteiger partial charge is 0.477 e. The van der Waals surface area contributed by atoms with Crippen LogP contribution in [0.2, 0.25) is 0 Å². The van der Waals surface area contributed by atoms with Gasteiger partial charge in [-0.2, -0.15) is 0 Å². The summed E-state index contributed by atoms with van der Waals surface area (Å²) in [6, 6.07) is 4.04. The van der Waals surface area contributed by atoms with E-state index in [2.05, 4.69) is 5.16 Å². The zero-order valence-electron chi connectivity index (χ0n) is 11.6. The van der Waals surface area contributed by atoms with Crippen molar-refractivity contribution in [3.63, 3.8) is 0 Å². The Balaban J connectivity index is 2.73. The summed E-state index contributed by atoms with van der Waals surface area (Å²) in [5.74, 6) is -0.575. The quantitative estimate of drug-likeness (QED) is 0.915. The lowest BCUT2D eigenvalue weighted by Gasteiger charge is -2.09. The summed E-state index contributed by atoms with van der Waals surface area (Å²) in [6.45, 7) is 7.79. The number of aromatic nitrogens is 1. The number of rotatable bonds is 3. The second-order valence-electron chi connectivity index (χ2n) is 4.76. The van der Waals surface area contributed by atoms with Crippen molar-refractivity contribution < 1.29 is 14.4 Å². The molecule has 0 radical (unpaired) electrons. The molecule has 1 N–H and O–H groups in total. The van der Waals surface area contributed by atoms with Crippen molar-refractivity contribution in [1.82, 2.24) is 5.16 Å². The lowest BCUT2D eigenvalue weighted by Crippen LogP contribution is -2.02. The molecule has 0 aliphatic rings. The average Bonchev–Trinajstić information content (AvgIpc) is 2.71. The van der Waals surface area contributed by atoms with E-state index in [4.69, 9.17) is 4.52 Å². The van der Waals surface area contributed by atoms with Gasteiger partial charge in [-0.05, 0) is 31.9 Å². The van der Waals surface area contributed by atoms with E-state index in [0.717, 1.165) is 22.3 Å². The average molecular weight is 259 g/mol. The fourth-order valence-electron chi connectivity index (χ4n) is 2.51. The van der Waals surface area contributed by atoms with Crippen LogP contribution in [0.15, 0.2) is 16.7 Å². The maximum absolute atomic E-state index is 11.4. The minimum absolute atomic E-state index is 0.178. The van der Waals surface area contributed by atoms with Gasteiger partial charge in [0.15, 0.2) is 5.76 Å². The van der Waals surface area contributed by atoms with Gasteiger partial charge in [0, 0.05) is 12.0 Å². The van der Waals surface area contributed by atoms with Crippen molar-refractivity contribution in [1.29, 1.82) is 0 Å². The van der Waals surface area contributed by atoms with Crippen molar-refractivity contribution in [3.8, 4) is 11.3 Å². The van der Waals surface area contributed by atoms with Crippen LogP contribution in [-0.2, 0) is 6.42 Å². The van der Waals surface area contributed by atoms with Gasteiger partial charge in [0.25, 0.3) is 0 Å². The summed E-state index contributed by atoms with van der Waals surface area (Å²) in [5, 5.41) is 13.3. The van der Waals surface area contributed by atoms with Crippen LogP contribution < -0.4 is 0 Å². The van der Waals surface area contributed by atoms with Crippen LogP contribution in [0.1, 0.15) is 39.7 Å². The molecule has 1 heterocycles. The molecular formula is C15H17NO3. The fourth-order valence-corrected chi connectivity index (χ4v) is 2.51. The third-order valence-corrected chi connectivity index (χ3v) is 3.21. The third-order valence-electron chi connectivity index (χ3n) is 3.21. The van der Waals surface area contributed by atoms with Crippen LogP contribution in [0.5, 0.6) is 0 Å². The molecule has 0 unspecified atom stereocenters. The van der Waals surface area contributed by atoms with Gasteiger partial charge >= 0.3 is 5.97 Å². The highest BCUT2D eigenvalue weighted by Gasteiger charge is 2.24. The number of aryl methyl sites for hydroxylation is 4. The second-order valence-corrected chi connectivity index (χ2v) is 4.76. The smallest absolute Gasteiger partial charge is 0.341 e. The highest BCUT2D eigenvalue weighted by molar-refractivity contribution is 5.96. The monoisotopic (exact) mass is 259 g/mol. The minimum atomic E-state index is -0.993. The normalized spacial score (nSPS) is 10.7. The van der Waals surface area contributed by atoms with E-state index in [-0.39, 0.29) is 5.56 Å². The fraction of sp³-hybridized carbons (Fsp3) is 0.333. The predicted molar refractivity (Wildman–Crippen MR) is 72.5 cm³/mol. The van der Waals surface area contributed by atoms with Crippen LogP contribution in [-0.4, -0.2) is 16.2 Å². The van der Waals surface area contributed by atoms with E-state index in [1.807, 2.05) is 39.8 Å². The number of carboxylic acids is 1. The molecule has 19 heavy (non-hydrogen) atoms. The zero-order chi connectivity index (χ0) is 14.2. The van der Waals surface area contributed by atoms with Crippen molar-refractivity contribution in [2.24, 2.45) is 0 Å². The second kappa shape index (κ2) is 4.88. The number of benzene rings is 1. The highest BCUT2D eigenvalue weighted by Crippen LogP contribution is 2.32. The molecule has 0 fully saturated rings. The van der Waals surface area contributed by atoms with E-state index < -0.39 is 5.97 Å². The molecule has 1 aromatic heterocycles. The standard InChI is InChI=1S/C15H17NO3/c1-5-11-13(15(17)18)14(16-19-11)12-9(3)6-8(2)7-10(12)4/h6-7H,5H2,1-4H3,(H,17,18). The van der Waals surface area contributed by atoms with Gasteiger partial charge in [-0.3, -0.25) is 0 Å². The molecule has 1 aromatic carbocycles. The molecule has 0 atom stereocenters. The van der Waals surface area contributed by atoms with Gasteiger partial charge < -0.3 is 9.63 Å². The topological polar surface area (TPSA) is 63.3 Å². The number of hydrogen-bond acceptors (Lipinski definition) is 3. The SMILES string of the molecule is CCc1onc(-c2c(C)cc(C)cc2C)c1C(=O)O. The van der Waals surface area contributed by atoms with E-state index in [1.54, 1.807) is 0 Å². The van der Waals surface area contributed by atoms with Crippen LogP contribution in [0, 0.1) is 20.8 Å². The lowest BCUT2D eigenvalue weighted by atomic mass is 9.94. The minimum Gasteiger partial charge on any atom is -0.477 e. The van der Waals surface area contributed by atoms with E-state index in [9.17, 15) is 9.90 Å². The molecule has 100 valence electrons. The Kier molecular flexibility index (Phi) is 3.42. The van der Waals surface area contributed by atoms with Gasteiger partial charge in [0.05, 0.1) is 0 Å². The maximum Gasteiger partial charge on any atom is 0.341 e. The van der Waals surface area contributed by atoms with Crippen molar-refractivity contribution in [2.45, 2.75) is 34.1 Å². The molecule has 0 aliphatic heterocycles. The van der Waals surface area contributed by atoms with Crippen molar-refractivity contribution in [3.05, 3.63) is 40.1 Å². The van der Waals surface area contributed by atoms with Crippen LogP contribution in [0.25, 0.3) is 11.3 Å². The Labute approximate surface area is 112 Å². The molecule has 0 saturated heterocycles. The molecule has 0 bridgehead atoms.